The van der Waals surface area contributed by atoms with Crippen molar-refractivity contribution in [3.63, 3.8) is 0 Å². The maximum absolute atomic E-state index is 12.9. The van der Waals surface area contributed by atoms with Gasteiger partial charge in [0, 0.05) is 17.6 Å². The number of carbonyl (C=O) groups excluding carboxylic acids is 2. The van der Waals surface area contributed by atoms with E-state index in [0.29, 0.717) is 12.0 Å². The summed E-state index contributed by atoms with van der Waals surface area (Å²) in [4.78, 5) is 31.2. The number of aromatic nitrogens is 1. The second-order valence-corrected chi connectivity index (χ2v) is 9.58. The summed E-state index contributed by atoms with van der Waals surface area (Å²) < 4.78 is 33.6. The van der Waals surface area contributed by atoms with Crippen LogP contribution in [0.4, 0.5) is 0 Å². The smallest absolute Gasteiger partial charge is 0.280 e. The highest BCUT2D eigenvalue weighted by Gasteiger charge is 2.36. The molecule has 1 aromatic carbocycles. The molecule has 1 aliphatic heterocycles. The Hall–Kier alpha value is -3.08. The number of fused-ring (bicyclic) bond motifs is 1. The molecule has 0 saturated heterocycles. The van der Waals surface area contributed by atoms with Crippen molar-refractivity contribution in [2.45, 2.75) is 17.9 Å². The van der Waals surface area contributed by atoms with Crippen molar-refractivity contribution in [2.75, 3.05) is 13.7 Å². The lowest BCUT2D eigenvalue weighted by atomic mass is 10.2. The Balaban J connectivity index is 1.55. The van der Waals surface area contributed by atoms with Crippen molar-refractivity contribution < 1.29 is 22.7 Å². The maximum atomic E-state index is 12.9. The molecule has 1 N–H and O–H groups in total. The number of rotatable bonds is 8. The first-order valence-electron chi connectivity index (χ1n) is 9.41. The van der Waals surface area contributed by atoms with E-state index in [2.05, 4.69) is 9.71 Å². The largest absolute Gasteiger partial charge is 0.495 e. The Labute approximate surface area is 183 Å². The first-order chi connectivity index (χ1) is 14.9. The SMILES string of the molecule is COc1ccc(CN2C(=O)c3cccnc3C2=O)cc1S(=O)(=O)NCCc1cccs1. The van der Waals surface area contributed by atoms with Gasteiger partial charge >= 0.3 is 0 Å². The molecule has 0 unspecified atom stereocenters. The van der Waals surface area contributed by atoms with Crippen LogP contribution in [0, 0.1) is 0 Å². The van der Waals surface area contributed by atoms with Gasteiger partial charge < -0.3 is 4.74 Å². The predicted molar refractivity (Wildman–Crippen MR) is 115 cm³/mol. The van der Waals surface area contributed by atoms with Crippen molar-refractivity contribution in [3.05, 3.63) is 75.7 Å². The van der Waals surface area contributed by atoms with Gasteiger partial charge in [0.25, 0.3) is 11.8 Å². The lowest BCUT2D eigenvalue weighted by molar-refractivity contribution is 0.0640. The molecule has 3 heterocycles. The molecule has 31 heavy (non-hydrogen) atoms. The van der Waals surface area contributed by atoms with Crippen molar-refractivity contribution in [3.8, 4) is 5.75 Å². The highest BCUT2D eigenvalue weighted by molar-refractivity contribution is 7.89. The molecule has 160 valence electrons. The van der Waals surface area contributed by atoms with Gasteiger partial charge in [-0.1, -0.05) is 12.1 Å². The lowest BCUT2D eigenvalue weighted by Crippen LogP contribution is -2.30. The molecule has 0 spiro atoms. The summed E-state index contributed by atoms with van der Waals surface area (Å²) in [5.74, 6) is -0.784. The standard InChI is InChI=1S/C21H19N3O5S2/c1-29-17-7-6-14(13-24-20(25)16-5-2-9-22-19(16)21(24)26)12-18(17)31(27,28)23-10-8-15-4-3-11-30-15/h2-7,9,11-12,23H,8,10,13H2,1H3. The van der Waals surface area contributed by atoms with Gasteiger partial charge in [-0.05, 0) is 47.7 Å². The number of benzene rings is 1. The van der Waals surface area contributed by atoms with Crippen LogP contribution in [0.2, 0.25) is 0 Å². The highest BCUT2D eigenvalue weighted by Crippen LogP contribution is 2.28. The van der Waals surface area contributed by atoms with Crippen molar-refractivity contribution in [1.29, 1.82) is 0 Å². The average molecular weight is 458 g/mol. The molecular weight excluding hydrogens is 438 g/mol. The van der Waals surface area contributed by atoms with E-state index in [4.69, 9.17) is 4.74 Å². The van der Waals surface area contributed by atoms with Gasteiger partial charge in [0.05, 0.1) is 19.2 Å². The van der Waals surface area contributed by atoms with Crippen molar-refractivity contribution in [2.24, 2.45) is 0 Å². The van der Waals surface area contributed by atoms with E-state index >= 15 is 0 Å². The molecule has 0 radical (unpaired) electrons. The summed E-state index contributed by atoms with van der Waals surface area (Å²) in [5.41, 5.74) is 0.821. The number of thiophene rings is 1. The van der Waals surface area contributed by atoms with Crippen LogP contribution in [0.25, 0.3) is 0 Å². The number of hydrogen-bond acceptors (Lipinski definition) is 7. The average Bonchev–Trinajstić information content (AvgIpc) is 3.37. The zero-order chi connectivity index (χ0) is 22.0. The number of amides is 2. The number of nitrogens with zero attached hydrogens (tertiary/aromatic N) is 2. The fourth-order valence-corrected chi connectivity index (χ4v) is 5.27. The first-order valence-corrected chi connectivity index (χ1v) is 11.8. The maximum Gasteiger partial charge on any atom is 0.280 e. The topological polar surface area (TPSA) is 106 Å². The van der Waals surface area contributed by atoms with Crippen LogP contribution < -0.4 is 9.46 Å². The fourth-order valence-electron chi connectivity index (χ4n) is 3.31. The minimum Gasteiger partial charge on any atom is -0.495 e. The fraction of sp³-hybridized carbons (Fsp3) is 0.190. The Kier molecular flexibility index (Phi) is 5.86. The second-order valence-electron chi connectivity index (χ2n) is 6.81. The van der Waals surface area contributed by atoms with Crippen LogP contribution in [0.5, 0.6) is 5.75 Å². The summed E-state index contributed by atoms with van der Waals surface area (Å²) in [7, 11) is -2.48. The van der Waals surface area contributed by atoms with Crippen molar-refractivity contribution >= 4 is 33.2 Å². The van der Waals surface area contributed by atoms with Crippen molar-refractivity contribution in [1.82, 2.24) is 14.6 Å². The summed E-state index contributed by atoms with van der Waals surface area (Å²) in [6.45, 7) is 0.163. The van der Waals surface area contributed by atoms with Gasteiger partial charge in [-0.2, -0.15) is 0 Å². The Bertz CT molecular complexity index is 1200. The number of pyridine rings is 1. The minimum atomic E-state index is -3.86. The third kappa shape index (κ3) is 4.22. The second kappa shape index (κ2) is 8.58. The molecule has 0 atom stereocenters. The van der Waals surface area contributed by atoms with E-state index in [1.165, 1.54) is 25.4 Å². The molecule has 3 aromatic rings. The zero-order valence-corrected chi connectivity index (χ0v) is 18.2. The number of hydrogen-bond donors (Lipinski definition) is 1. The number of ether oxygens (including phenoxy) is 1. The molecule has 0 aliphatic carbocycles. The van der Waals surface area contributed by atoms with E-state index in [9.17, 15) is 18.0 Å². The molecule has 4 rings (SSSR count). The third-order valence-electron chi connectivity index (χ3n) is 4.83. The van der Waals surface area contributed by atoms with E-state index in [0.717, 1.165) is 9.78 Å². The predicted octanol–water partition coefficient (Wildman–Crippen LogP) is 2.47. The highest BCUT2D eigenvalue weighted by atomic mass is 32.2. The van der Waals surface area contributed by atoms with Gasteiger partial charge in [-0.15, -0.1) is 11.3 Å². The van der Waals surface area contributed by atoms with Crippen LogP contribution >= 0.6 is 11.3 Å². The molecule has 2 aromatic heterocycles. The number of imide groups is 1. The normalized spacial score (nSPS) is 13.5. The molecule has 0 bridgehead atoms. The molecule has 10 heteroatoms. The third-order valence-corrected chi connectivity index (χ3v) is 7.25. The first kappa shape index (κ1) is 21.2. The summed E-state index contributed by atoms with van der Waals surface area (Å²) in [6.07, 6.45) is 2.02. The van der Waals surface area contributed by atoms with Crippen LogP contribution in [0.3, 0.4) is 0 Å². The van der Waals surface area contributed by atoms with Gasteiger partial charge in [-0.3, -0.25) is 19.5 Å². The van der Waals surface area contributed by atoms with E-state index in [1.807, 2.05) is 17.5 Å². The van der Waals surface area contributed by atoms with Crippen LogP contribution in [-0.4, -0.2) is 43.8 Å². The van der Waals surface area contributed by atoms with Crippen LogP contribution in [-0.2, 0) is 23.0 Å². The molecule has 2 amide bonds. The monoisotopic (exact) mass is 457 g/mol. The number of carbonyl (C=O) groups is 2. The Morgan fingerprint density at radius 3 is 2.68 bits per heavy atom. The zero-order valence-electron chi connectivity index (χ0n) is 16.6. The van der Waals surface area contributed by atoms with E-state index in [1.54, 1.807) is 29.5 Å². The van der Waals surface area contributed by atoms with Gasteiger partial charge in [0.2, 0.25) is 10.0 Å². The molecular formula is C21H19N3O5S2. The minimum absolute atomic E-state index is 0.0478. The summed E-state index contributed by atoms with van der Waals surface area (Å²) in [5, 5.41) is 1.94. The number of methoxy groups -OCH3 is 1. The molecule has 0 fully saturated rings. The van der Waals surface area contributed by atoms with Gasteiger partial charge in [-0.25, -0.2) is 13.1 Å². The molecule has 1 aliphatic rings. The summed E-state index contributed by atoms with van der Waals surface area (Å²) >= 11 is 1.56. The lowest BCUT2D eigenvalue weighted by Gasteiger charge is -2.16. The number of nitrogens with one attached hydrogen (secondary N) is 1. The van der Waals surface area contributed by atoms with E-state index < -0.39 is 21.8 Å². The van der Waals surface area contributed by atoms with Gasteiger partial charge in [0.1, 0.15) is 16.3 Å². The van der Waals surface area contributed by atoms with Crippen LogP contribution in [0.1, 0.15) is 31.3 Å². The van der Waals surface area contributed by atoms with Crippen LogP contribution in [0.15, 0.2) is 58.9 Å². The molecule has 8 nitrogen and oxygen atoms in total. The number of sulfonamides is 1. The Morgan fingerprint density at radius 2 is 1.97 bits per heavy atom. The Morgan fingerprint density at radius 1 is 1.13 bits per heavy atom. The quantitative estimate of drug-likeness (QED) is 0.521. The van der Waals surface area contributed by atoms with E-state index in [-0.39, 0.29) is 35.0 Å². The van der Waals surface area contributed by atoms with Gasteiger partial charge in [0.15, 0.2) is 0 Å². The summed E-state index contributed by atoms with van der Waals surface area (Å²) in [6, 6.07) is 11.5. The molecule has 0 saturated carbocycles.